The molecule has 0 unspecified atom stereocenters. The Bertz CT molecular complexity index is 1230. The van der Waals surface area contributed by atoms with Crippen LogP contribution in [0.2, 0.25) is 50.2 Å². The minimum Gasteiger partial charge on any atom is -0.481 e. The van der Waals surface area contributed by atoms with Crippen molar-refractivity contribution in [2.45, 2.75) is 6.42 Å². The highest BCUT2D eigenvalue weighted by Crippen LogP contribution is 2.53. The van der Waals surface area contributed by atoms with Gasteiger partial charge < -0.3 is 5.11 Å². The molecule has 3 rings (SSSR count). The molecule has 0 saturated carbocycles. The van der Waals surface area contributed by atoms with Crippen LogP contribution in [-0.2, 0) is 11.2 Å². The first-order valence-electron chi connectivity index (χ1n) is 8.12. The number of aliphatic carboxylic acids is 1. The lowest BCUT2D eigenvalue weighted by Gasteiger charge is -2.19. The van der Waals surface area contributed by atoms with Crippen molar-refractivity contribution < 1.29 is 9.90 Å². The van der Waals surface area contributed by atoms with Crippen molar-refractivity contribution >= 4 is 122 Å². The molecule has 1 heterocycles. The standard InChI is InChI=1S/C19H5Cl10NO2/c20-9-7(10(21)14(25)17(28)13(9)24)5-1-4(2-6(31)32)3-30-19(5)8-11(22)15(26)18(29)16(27)12(8)23/h1,3H,2H2,(H,31,32). The fourth-order valence-electron chi connectivity index (χ4n) is 2.82. The molecule has 0 radical (unpaired) electrons. The molecule has 0 amide bonds. The average Bonchev–Trinajstić information content (AvgIpc) is 2.74. The zero-order chi connectivity index (χ0) is 24.1. The number of rotatable bonds is 4. The molecule has 13 heteroatoms. The number of halogens is 10. The van der Waals surface area contributed by atoms with Crippen LogP contribution in [0.25, 0.3) is 22.4 Å². The molecule has 32 heavy (non-hydrogen) atoms. The SMILES string of the molecule is O=C(O)Cc1cnc(-c2c(Cl)c(Cl)c(Cl)c(Cl)c2Cl)c(-c2c(Cl)c(Cl)c(Cl)c(Cl)c2Cl)c1. The fourth-order valence-corrected chi connectivity index (χ4v) is 5.48. The summed E-state index contributed by atoms with van der Waals surface area (Å²) in [5.41, 5.74) is 0.866. The number of hydrogen-bond donors (Lipinski definition) is 1. The van der Waals surface area contributed by atoms with E-state index in [4.69, 9.17) is 116 Å². The Labute approximate surface area is 231 Å². The fraction of sp³-hybridized carbons (Fsp3) is 0.0526. The monoisotopic (exact) mass is 629 g/mol. The van der Waals surface area contributed by atoms with Gasteiger partial charge in [0.1, 0.15) is 0 Å². The molecule has 0 atom stereocenters. The number of carboxylic acid groups (broad SMARTS) is 1. The number of pyridine rings is 1. The van der Waals surface area contributed by atoms with Crippen LogP contribution < -0.4 is 0 Å². The van der Waals surface area contributed by atoms with Crippen molar-refractivity contribution in [3.63, 3.8) is 0 Å². The summed E-state index contributed by atoms with van der Waals surface area (Å²) in [5, 5.41) is 8.61. The first-order valence-corrected chi connectivity index (χ1v) is 11.9. The molecule has 1 aromatic heterocycles. The summed E-state index contributed by atoms with van der Waals surface area (Å²) < 4.78 is 0. The van der Waals surface area contributed by atoms with Gasteiger partial charge in [0.2, 0.25) is 0 Å². The van der Waals surface area contributed by atoms with Crippen molar-refractivity contribution in [2.24, 2.45) is 0 Å². The highest BCUT2D eigenvalue weighted by molar-refractivity contribution is 6.58. The van der Waals surface area contributed by atoms with Crippen LogP contribution in [0.4, 0.5) is 0 Å². The van der Waals surface area contributed by atoms with Crippen molar-refractivity contribution in [1.82, 2.24) is 4.98 Å². The molecular weight excluding hydrogens is 629 g/mol. The van der Waals surface area contributed by atoms with E-state index in [1.165, 1.54) is 12.3 Å². The van der Waals surface area contributed by atoms with Gasteiger partial charge in [-0.2, -0.15) is 0 Å². The predicted octanol–water partition coefficient (Wildman–Crippen LogP) is 10.6. The molecular formula is C19H5Cl10NO2. The third-order valence-corrected chi connectivity index (χ3v) is 8.78. The summed E-state index contributed by atoms with van der Waals surface area (Å²) in [6.45, 7) is 0. The van der Waals surface area contributed by atoms with Crippen LogP contribution in [0.1, 0.15) is 5.56 Å². The zero-order valence-electron chi connectivity index (χ0n) is 14.9. The molecule has 0 aliphatic rings. The third-order valence-electron chi connectivity index (χ3n) is 4.23. The highest BCUT2D eigenvalue weighted by Gasteiger charge is 2.28. The van der Waals surface area contributed by atoms with Crippen LogP contribution in [-0.4, -0.2) is 16.1 Å². The second-order valence-electron chi connectivity index (χ2n) is 6.20. The number of carboxylic acids is 1. The topological polar surface area (TPSA) is 50.2 Å². The van der Waals surface area contributed by atoms with E-state index < -0.39 is 5.97 Å². The molecule has 0 aliphatic carbocycles. The summed E-state index contributed by atoms with van der Waals surface area (Å²) in [6, 6.07) is 1.48. The van der Waals surface area contributed by atoms with E-state index in [2.05, 4.69) is 4.98 Å². The minimum atomic E-state index is -1.09. The smallest absolute Gasteiger partial charge is 0.307 e. The van der Waals surface area contributed by atoms with E-state index in [1.54, 1.807) is 0 Å². The Hall–Kier alpha value is -0.0400. The molecule has 0 saturated heterocycles. The Kier molecular flexibility index (Phi) is 8.54. The van der Waals surface area contributed by atoms with Gasteiger partial charge >= 0.3 is 5.97 Å². The number of nitrogens with zero attached hydrogens (tertiary/aromatic N) is 1. The normalized spacial score (nSPS) is 11.2. The second kappa shape index (κ2) is 10.3. The Morgan fingerprint density at radius 1 is 0.656 bits per heavy atom. The minimum absolute atomic E-state index is 0.0511. The van der Waals surface area contributed by atoms with E-state index >= 15 is 0 Å². The second-order valence-corrected chi connectivity index (χ2v) is 9.98. The Balaban J connectivity index is 2.50. The van der Waals surface area contributed by atoms with Crippen LogP contribution in [0, 0.1) is 0 Å². The summed E-state index contributed by atoms with van der Waals surface area (Å²) in [6.07, 6.45) is 0.963. The van der Waals surface area contributed by atoms with Gasteiger partial charge in [-0.3, -0.25) is 9.78 Å². The van der Waals surface area contributed by atoms with E-state index in [0.717, 1.165) is 0 Å². The number of carbonyl (C=O) groups is 1. The quantitative estimate of drug-likeness (QED) is 0.230. The van der Waals surface area contributed by atoms with Crippen molar-refractivity contribution in [2.75, 3.05) is 0 Å². The van der Waals surface area contributed by atoms with Gasteiger partial charge in [-0.15, -0.1) is 0 Å². The van der Waals surface area contributed by atoms with Gasteiger partial charge in [0.25, 0.3) is 0 Å². The molecule has 0 bridgehead atoms. The summed E-state index contributed by atoms with van der Waals surface area (Å²) in [5.74, 6) is -1.09. The molecule has 0 spiro atoms. The van der Waals surface area contributed by atoms with E-state index in [9.17, 15) is 9.90 Å². The summed E-state index contributed by atoms with van der Waals surface area (Å²) in [4.78, 5) is 15.6. The molecule has 3 aromatic rings. The van der Waals surface area contributed by atoms with Crippen molar-refractivity contribution in [1.29, 1.82) is 0 Å². The van der Waals surface area contributed by atoms with E-state index in [-0.39, 0.29) is 79.0 Å². The van der Waals surface area contributed by atoms with Gasteiger partial charge in [-0.05, 0) is 11.6 Å². The number of benzene rings is 2. The van der Waals surface area contributed by atoms with Gasteiger partial charge in [-0.1, -0.05) is 116 Å². The Morgan fingerprint density at radius 2 is 1.03 bits per heavy atom. The molecule has 0 aliphatic heterocycles. The lowest BCUT2D eigenvalue weighted by atomic mass is 9.96. The lowest BCUT2D eigenvalue weighted by molar-refractivity contribution is -0.136. The highest BCUT2D eigenvalue weighted by atomic mass is 35.5. The molecule has 3 nitrogen and oxygen atoms in total. The maximum atomic E-state index is 11.3. The zero-order valence-corrected chi connectivity index (χ0v) is 22.5. The van der Waals surface area contributed by atoms with Crippen molar-refractivity contribution in [3.05, 3.63) is 68.1 Å². The third kappa shape index (κ3) is 4.72. The molecule has 168 valence electrons. The first-order chi connectivity index (χ1) is 14.9. The van der Waals surface area contributed by atoms with Gasteiger partial charge in [0.15, 0.2) is 0 Å². The summed E-state index contributed by atoms with van der Waals surface area (Å²) >= 11 is 62.8. The van der Waals surface area contributed by atoms with E-state index in [1.807, 2.05) is 0 Å². The van der Waals surface area contributed by atoms with Crippen molar-refractivity contribution in [3.8, 4) is 22.4 Å². The number of aromatic nitrogens is 1. The van der Waals surface area contributed by atoms with Crippen LogP contribution in [0.5, 0.6) is 0 Å². The maximum Gasteiger partial charge on any atom is 0.307 e. The van der Waals surface area contributed by atoms with Gasteiger partial charge in [0, 0.05) is 22.9 Å². The maximum absolute atomic E-state index is 11.3. The largest absolute Gasteiger partial charge is 0.481 e. The van der Waals surface area contributed by atoms with Crippen LogP contribution in [0.3, 0.4) is 0 Å². The average molecular weight is 634 g/mol. The molecule has 1 N–H and O–H groups in total. The Morgan fingerprint density at radius 3 is 1.44 bits per heavy atom. The predicted molar refractivity (Wildman–Crippen MR) is 137 cm³/mol. The first kappa shape index (κ1) is 26.6. The van der Waals surface area contributed by atoms with Gasteiger partial charge in [0.05, 0.1) is 62.3 Å². The summed E-state index contributed by atoms with van der Waals surface area (Å²) in [7, 11) is 0. The van der Waals surface area contributed by atoms with Crippen LogP contribution in [0.15, 0.2) is 12.3 Å². The van der Waals surface area contributed by atoms with E-state index in [0.29, 0.717) is 5.56 Å². The van der Waals surface area contributed by atoms with Crippen LogP contribution >= 0.6 is 116 Å². The number of hydrogen-bond acceptors (Lipinski definition) is 2. The lowest BCUT2D eigenvalue weighted by Crippen LogP contribution is -2.03. The van der Waals surface area contributed by atoms with Gasteiger partial charge in [-0.25, -0.2) is 0 Å². The molecule has 2 aromatic carbocycles. The molecule has 0 fully saturated rings.